The van der Waals surface area contributed by atoms with Crippen LogP contribution < -0.4 is 4.74 Å². The smallest absolute Gasteiger partial charge is 0.264 e. The minimum Gasteiger partial charge on any atom is -0.489 e. The summed E-state index contributed by atoms with van der Waals surface area (Å²) in [5.41, 5.74) is 0.647. The van der Waals surface area contributed by atoms with Gasteiger partial charge >= 0.3 is 0 Å². The Morgan fingerprint density at radius 2 is 1.92 bits per heavy atom. The van der Waals surface area contributed by atoms with E-state index >= 15 is 0 Å². The third-order valence-electron chi connectivity index (χ3n) is 4.23. The Labute approximate surface area is 143 Å². The highest BCUT2D eigenvalue weighted by Gasteiger charge is 2.27. The van der Waals surface area contributed by atoms with Crippen LogP contribution in [0.4, 0.5) is 4.39 Å². The van der Waals surface area contributed by atoms with Crippen LogP contribution in [-0.4, -0.2) is 23.9 Å². The Bertz CT molecular complexity index is 887. The lowest BCUT2D eigenvalue weighted by Gasteiger charge is -2.30. The molecule has 0 N–H and O–H groups in total. The van der Waals surface area contributed by atoms with Crippen molar-refractivity contribution < 1.29 is 13.9 Å². The van der Waals surface area contributed by atoms with Crippen molar-refractivity contribution in [3.05, 3.63) is 64.8 Å². The molecule has 0 spiro atoms. The molecule has 24 heavy (non-hydrogen) atoms. The van der Waals surface area contributed by atoms with Crippen molar-refractivity contribution in [2.75, 3.05) is 13.1 Å². The van der Waals surface area contributed by atoms with Gasteiger partial charge in [0, 0.05) is 28.7 Å². The molecule has 4 rings (SSSR count). The molecule has 5 heteroatoms. The minimum absolute atomic E-state index is 0.0199. The van der Waals surface area contributed by atoms with E-state index in [0.717, 1.165) is 24.2 Å². The number of benzene rings is 2. The highest BCUT2D eigenvalue weighted by molar-refractivity contribution is 7.21. The van der Waals surface area contributed by atoms with Crippen molar-refractivity contribution in [2.24, 2.45) is 0 Å². The summed E-state index contributed by atoms with van der Waals surface area (Å²) in [7, 11) is 0. The monoisotopic (exact) mass is 341 g/mol. The molecule has 1 amide bonds. The molecule has 0 bridgehead atoms. The van der Waals surface area contributed by atoms with E-state index in [0.29, 0.717) is 21.6 Å². The van der Waals surface area contributed by atoms with E-state index in [4.69, 9.17) is 4.74 Å². The molecule has 2 heterocycles. The van der Waals surface area contributed by atoms with Gasteiger partial charge in [-0.25, -0.2) is 4.39 Å². The van der Waals surface area contributed by atoms with Crippen LogP contribution in [0, 0.1) is 5.82 Å². The zero-order valence-electron chi connectivity index (χ0n) is 13.0. The van der Waals surface area contributed by atoms with E-state index < -0.39 is 0 Å². The van der Waals surface area contributed by atoms with E-state index in [1.54, 1.807) is 11.0 Å². The van der Waals surface area contributed by atoms with Crippen molar-refractivity contribution in [1.82, 2.24) is 4.90 Å². The predicted octanol–water partition coefficient (Wildman–Crippen LogP) is 4.47. The zero-order chi connectivity index (χ0) is 16.5. The number of carbonyl (C=O) groups excluding carboxylic acids is 1. The van der Waals surface area contributed by atoms with Crippen LogP contribution >= 0.6 is 11.3 Å². The lowest BCUT2D eigenvalue weighted by Crippen LogP contribution is -2.42. The summed E-state index contributed by atoms with van der Waals surface area (Å²) in [6.07, 6.45) is 1.03. The van der Waals surface area contributed by atoms with Crippen molar-refractivity contribution in [2.45, 2.75) is 13.0 Å². The average Bonchev–Trinajstić information content (AvgIpc) is 2.92. The highest BCUT2D eigenvalue weighted by atomic mass is 32.1. The lowest BCUT2D eigenvalue weighted by molar-refractivity contribution is 0.0654. The fourth-order valence-electron chi connectivity index (χ4n) is 2.81. The predicted molar refractivity (Wildman–Crippen MR) is 93.1 cm³/mol. The Hall–Kier alpha value is -2.40. The summed E-state index contributed by atoms with van der Waals surface area (Å²) in [6, 6.07) is 14.3. The standard InChI is InChI=1S/C19H16FNO2S/c20-15-8-4-9-16-17(15)14(12-23-13-6-2-1-3-7-13)18(24-16)19(22)21-10-5-11-21/h1-4,6-9H,5,10-12H2. The molecule has 122 valence electrons. The van der Waals surface area contributed by atoms with E-state index in [1.165, 1.54) is 17.4 Å². The minimum atomic E-state index is -0.307. The molecular formula is C19H16FNO2S. The summed E-state index contributed by atoms with van der Waals surface area (Å²) >= 11 is 1.35. The van der Waals surface area contributed by atoms with Gasteiger partial charge in [-0.05, 0) is 30.7 Å². The molecule has 0 atom stereocenters. The maximum absolute atomic E-state index is 14.4. The highest BCUT2D eigenvalue weighted by Crippen LogP contribution is 2.35. The van der Waals surface area contributed by atoms with Gasteiger partial charge in [0.15, 0.2) is 0 Å². The van der Waals surface area contributed by atoms with Crippen molar-refractivity contribution in [1.29, 1.82) is 0 Å². The average molecular weight is 341 g/mol. The van der Waals surface area contributed by atoms with Gasteiger partial charge in [-0.2, -0.15) is 0 Å². The second-order valence-corrected chi connectivity index (χ2v) is 6.82. The fourth-order valence-corrected chi connectivity index (χ4v) is 4.00. The van der Waals surface area contributed by atoms with Crippen LogP contribution in [0.25, 0.3) is 10.1 Å². The molecule has 1 saturated heterocycles. The quantitative estimate of drug-likeness (QED) is 0.701. The Morgan fingerprint density at radius 1 is 1.12 bits per heavy atom. The van der Waals surface area contributed by atoms with Gasteiger partial charge in [-0.1, -0.05) is 24.3 Å². The molecule has 1 aliphatic heterocycles. The van der Waals surface area contributed by atoms with Crippen LogP contribution in [0.3, 0.4) is 0 Å². The van der Waals surface area contributed by atoms with E-state index in [-0.39, 0.29) is 18.3 Å². The second-order valence-electron chi connectivity index (χ2n) is 5.77. The summed E-state index contributed by atoms with van der Waals surface area (Å²) in [4.78, 5) is 15.1. The molecule has 1 aromatic heterocycles. The first kappa shape index (κ1) is 15.1. The first-order valence-corrected chi connectivity index (χ1v) is 8.72. The Kier molecular flexibility index (Phi) is 3.94. The van der Waals surface area contributed by atoms with Gasteiger partial charge in [0.1, 0.15) is 18.2 Å². The first-order chi connectivity index (χ1) is 11.7. The molecule has 1 aliphatic rings. The van der Waals surface area contributed by atoms with Crippen LogP contribution in [0.5, 0.6) is 5.75 Å². The van der Waals surface area contributed by atoms with Crippen LogP contribution in [0.1, 0.15) is 21.7 Å². The largest absolute Gasteiger partial charge is 0.489 e. The molecule has 3 aromatic rings. The second kappa shape index (κ2) is 6.24. The maximum atomic E-state index is 14.4. The van der Waals surface area contributed by atoms with E-state index in [9.17, 15) is 9.18 Å². The normalized spacial score (nSPS) is 13.8. The van der Waals surface area contributed by atoms with Crippen molar-refractivity contribution in [3.63, 3.8) is 0 Å². The molecule has 0 radical (unpaired) electrons. The molecular weight excluding hydrogens is 325 g/mol. The van der Waals surface area contributed by atoms with Crippen LogP contribution in [0.15, 0.2) is 48.5 Å². The van der Waals surface area contributed by atoms with Gasteiger partial charge in [0.2, 0.25) is 0 Å². The Balaban J connectivity index is 1.74. The topological polar surface area (TPSA) is 29.5 Å². The van der Waals surface area contributed by atoms with E-state index in [2.05, 4.69) is 0 Å². The summed E-state index contributed by atoms with van der Waals surface area (Å²) in [5.74, 6) is 0.377. The molecule has 1 fully saturated rings. The van der Waals surface area contributed by atoms with Gasteiger partial charge in [-0.3, -0.25) is 4.79 Å². The number of hydrogen-bond donors (Lipinski definition) is 0. The third-order valence-corrected chi connectivity index (χ3v) is 5.41. The number of thiophene rings is 1. The Morgan fingerprint density at radius 3 is 2.62 bits per heavy atom. The SMILES string of the molecule is O=C(c1sc2cccc(F)c2c1COc1ccccc1)N1CCC1. The van der Waals surface area contributed by atoms with Gasteiger partial charge in [0.25, 0.3) is 5.91 Å². The molecule has 0 aliphatic carbocycles. The number of fused-ring (bicyclic) bond motifs is 1. The molecule has 3 nitrogen and oxygen atoms in total. The number of para-hydroxylation sites is 1. The molecule has 0 unspecified atom stereocenters. The number of nitrogens with zero attached hydrogens (tertiary/aromatic N) is 1. The fraction of sp³-hybridized carbons (Fsp3) is 0.211. The van der Waals surface area contributed by atoms with E-state index in [1.807, 2.05) is 36.4 Å². The van der Waals surface area contributed by atoms with Gasteiger partial charge in [-0.15, -0.1) is 11.3 Å². The maximum Gasteiger partial charge on any atom is 0.264 e. The van der Waals surface area contributed by atoms with Gasteiger partial charge in [0.05, 0.1) is 4.88 Å². The lowest BCUT2D eigenvalue weighted by atomic mass is 10.1. The number of amides is 1. The van der Waals surface area contributed by atoms with Crippen molar-refractivity contribution in [3.8, 4) is 5.75 Å². The third kappa shape index (κ3) is 2.65. The number of hydrogen-bond acceptors (Lipinski definition) is 3. The number of rotatable bonds is 4. The van der Waals surface area contributed by atoms with Gasteiger partial charge < -0.3 is 9.64 Å². The summed E-state index contributed by atoms with van der Waals surface area (Å²) in [5, 5.41) is 0.502. The van der Waals surface area contributed by atoms with Crippen molar-refractivity contribution >= 4 is 27.3 Å². The summed E-state index contributed by atoms with van der Waals surface area (Å²) < 4.78 is 21.0. The number of ether oxygens (including phenoxy) is 1. The number of halogens is 1. The number of carbonyl (C=O) groups is 1. The first-order valence-electron chi connectivity index (χ1n) is 7.91. The van der Waals surface area contributed by atoms with Crippen LogP contribution in [0.2, 0.25) is 0 Å². The molecule has 0 saturated carbocycles. The number of likely N-dealkylation sites (tertiary alicyclic amines) is 1. The zero-order valence-corrected chi connectivity index (χ0v) is 13.8. The van der Waals surface area contributed by atoms with Crippen LogP contribution in [-0.2, 0) is 6.61 Å². The summed E-state index contributed by atoms with van der Waals surface area (Å²) in [6.45, 7) is 1.73. The molecule has 2 aromatic carbocycles.